The van der Waals surface area contributed by atoms with Gasteiger partial charge in [0.15, 0.2) is 0 Å². The van der Waals surface area contributed by atoms with Gasteiger partial charge in [0, 0.05) is 38.6 Å². The minimum absolute atomic E-state index is 0.0679. The van der Waals surface area contributed by atoms with Crippen LogP contribution in [0.4, 0.5) is 0 Å². The summed E-state index contributed by atoms with van der Waals surface area (Å²) in [5.41, 5.74) is 4.94. The Morgan fingerprint density at radius 3 is 2.73 bits per heavy atom. The monoisotopic (exact) mass is 402 g/mol. The van der Waals surface area contributed by atoms with Gasteiger partial charge in [0.2, 0.25) is 5.91 Å². The number of nitrogens with one attached hydrogen (secondary N) is 1. The highest BCUT2D eigenvalue weighted by Gasteiger charge is 2.25. The van der Waals surface area contributed by atoms with E-state index in [0.717, 1.165) is 44.6 Å². The first-order valence-electron chi connectivity index (χ1n) is 10.7. The van der Waals surface area contributed by atoms with Gasteiger partial charge >= 0.3 is 0 Å². The molecule has 3 aromatic rings. The van der Waals surface area contributed by atoms with Gasteiger partial charge < -0.3 is 9.88 Å². The van der Waals surface area contributed by atoms with Crippen LogP contribution in [0, 0.1) is 12.8 Å². The largest absolute Gasteiger partial charge is 0.352 e. The van der Waals surface area contributed by atoms with Crippen LogP contribution in [0.3, 0.4) is 0 Å². The highest BCUT2D eigenvalue weighted by molar-refractivity contribution is 5.79. The Morgan fingerprint density at radius 1 is 1.10 bits per heavy atom. The molecule has 1 fully saturated rings. The van der Waals surface area contributed by atoms with Crippen LogP contribution in [0.1, 0.15) is 35.1 Å². The maximum Gasteiger partial charge on any atom is 0.224 e. The Hall–Kier alpha value is -2.92. The van der Waals surface area contributed by atoms with Crippen molar-refractivity contribution in [3.05, 3.63) is 89.5 Å². The van der Waals surface area contributed by atoms with Crippen molar-refractivity contribution in [3.8, 4) is 0 Å². The van der Waals surface area contributed by atoms with Crippen LogP contribution in [0.2, 0.25) is 0 Å². The third-order valence-corrected chi connectivity index (χ3v) is 5.79. The van der Waals surface area contributed by atoms with E-state index in [4.69, 9.17) is 0 Å². The van der Waals surface area contributed by atoms with Gasteiger partial charge in [-0.15, -0.1) is 0 Å². The van der Waals surface area contributed by atoms with Crippen molar-refractivity contribution in [2.24, 2.45) is 5.92 Å². The number of hydrogen-bond donors (Lipinski definition) is 1. The van der Waals surface area contributed by atoms with Crippen molar-refractivity contribution in [2.45, 2.75) is 39.4 Å². The molecule has 0 spiro atoms. The molecule has 2 heterocycles. The first kappa shape index (κ1) is 20.4. The fourth-order valence-corrected chi connectivity index (χ4v) is 4.13. The lowest BCUT2D eigenvalue weighted by Gasteiger charge is -2.32. The first-order valence-corrected chi connectivity index (χ1v) is 10.7. The fraction of sp³-hybridized carbons (Fsp3) is 0.360. The lowest BCUT2D eigenvalue weighted by molar-refractivity contribution is -0.126. The average molecular weight is 403 g/mol. The predicted molar refractivity (Wildman–Crippen MR) is 119 cm³/mol. The number of aryl methyl sites for hydroxylation is 1. The van der Waals surface area contributed by atoms with Gasteiger partial charge in [-0.2, -0.15) is 0 Å². The Morgan fingerprint density at radius 2 is 1.93 bits per heavy atom. The lowest BCUT2D eigenvalue weighted by Crippen LogP contribution is -2.42. The Labute approximate surface area is 178 Å². The molecule has 1 atom stereocenters. The summed E-state index contributed by atoms with van der Waals surface area (Å²) in [4.78, 5) is 19.3. The number of amides is 1. The Bertz CT molecular complexity index is 950. The SMILES string of the molecule is Cc1ccc(CN2CCCC(C(=O)NCc3cccc(Cn4ccnc4)c3)C2)cc1. The molecule has 0 saturated carbocycles. The summed E-state index contributed by atoms with van der Waals surface area (Å²) in [6, 6.07) is 17.1. The van der Waals surface area contributed by atoms with E-state index in [1.54, 1.807) is 6.20 Å². The highest BCUT2D eigenvalue weighted by Crippen LogP contribution is 2.19. The second-order valence-corrected chi connectivity index (χ2v) is 8.33. The van der Waals surface area contributed by atoms with Gasteiger partial charge in [-0.1, -0.05) is 54.1 Å². The summed E-state index contributed by atoms with van der Waals surface area (Å²) in [5.74, 6) is 0.238. The average Bonchev–Trinajstić information content (AvgIpc) is 3.27. The van der Waals surface area contributed by atoms with E-state index >= 15 is 0 Å². The van der Waals surface area contributed by atoms with Crippen molar-refractivity contribution >= 4 is 5.91 Å². The van der Waals surface area contributed by atoms with E-state index in [-0.39, 0.29) is 11.8 Å². The van der Waals surface area contributed by atoms with Crippen molar-refractivity contribution < 1.29 is 4.79 Å². The lowest BCUT2D eigenvalue weighted by atomic mass is 9.96. The second-order valence-electron chi connectivity index (χ2n) is 8.33. The van der Waals surface area contributed by atoms with E-state index < -0.39 is 0 Å². The smallest absolute Gasteiger partial charge is 0.224 e. The zero-order valence-electron chi connectivity index (χ0n) is 17.6. The molecule has 0 radical (unpaired) electrons. The molecule has 2 aromatic carbocycles. The predicted octanol–water partition coefficient (Wildman–Crippen LogP) is 3.77. The zero-order chi connectivity index (χ0) is 20.8. The molecule has 1 amide bonds. The van der Waals surface area contributed by atoms with Crippen LogP contribution in [-0.4, -0.2) is 33.4 Å². The standard InChI is InChI=1S/C25H30N4O/c1-20-7-9-21(10-8-20)16-28-12-3-6-24(18-28)25(30)27-15-22-4-2-5-23(14-22)17-29-13-11-26-19-29/h2,4-5,7-11,13-14,19,24H,3,6,12,15-18H2,1H3,(H,27,30). The van der Waals surface area contributed by atoms with E-state index in [9.17, 15) is 4.79 Å². The van der Waals surface area contributed by atoms with E-state index in [0.29, 0.717) is 6.54 Å². The number of benzene rings is 2. The minimum atomic E-state index is 0.0679. The second kappa shape index (κ2) is 9.72. The van der Waals surface area contributed by atoms with Crippen LogP contribution in [0.25, 0.3) is 0 Å². The molecule has 4 rings (SSSR count). The molecule has 5 nitrogen and oxygen atoms in total. The highest BCUT2D eigenvalue weighted by atomic mass is 16.1. The molecule has 1 unspecified atom stereocenters. The summed E-state index contributed by atoms with van der Waals surface area (Å²) in [6.45, 7) is 6.29. The van der Waals surface area contributed by atoms with Gasteiger partial charge in [0.05, 0.1) is 12.2 Å². The van der Waals surface area contributed by atoms with Crippen molar-refractivity contribution in [1.82, 2.24) is 19.8 Å². The van der Waals surface area contributed by atoms with Crippen LogP contribution in [0.15, 0.2) is 67.3 Å². The number of carbonyl (C=O) groups is 1. The van der Waals surface area contributed by atoms with Crippen molar-refractivity contribution in [3.63, 3.8) is 0 Å². The summed E-state index contributed by atoms with van der Waals surface area (Å²) in [6.07, 6.45) is 7.61. The number of imidazole rings is 1. The van der Waals surface area contributed by atoms with E-state index in [1.807, 2.05) is 17.1 Å². The molecular weight excluding hydrogens is 372 g/mol. The summed E-state index contributed by atoms with van der Waals surface area (Å²) < 4.78 is 2.04. The van der Waals surface area contributed by atoms with Crippen LogP contribution >= 0.6 is 0 Å². The Kier molecular flexibility index (Phi) is 6.60. The number of nitrogens with zero attached hydrogens (tertiary/aromatic N) is 3. The van der Waals surface area contributed by atoms with Crippen LogP contribution in [-0.2, 0) is 24.4 Å². The number of hydrogen-bond acceptors (Lipinski definition) is 3. The summed E-state index contributed by atoms with van der Waals surface area (Å²) in [7, 11) is 0. The minimum Gasteiger partial charge on any atom is -0.352 e. The molecule has 5 heteroatoms. The topological polar surface area (TPSA) is 50.2 Å². The van der Waals surface area contributed by atoms with Gasteiger partial charge in [-0.25, -0.2) is 4.98 Å². The number of piperidine rings is 1. The quantitative estimate of drug-likeness (QED) is 0.655. The molecule has 1 aromatic heterocycles. The molecular formula is C25H30N4O. The van der Waals surface area contributed by atoms with Crippen molar-refractivity contribution in [1.29, 1.82) is 0 Å². The number of carbonyl (C=O) groups excluding carboxylic acids is 1. The molecule has 1 N–H and O–H groups in total. The third-order valence-electron chi connectivity index (χ3n) is 5.79. The molecule has 1 aliphatic rings. The normalized spacial score (nSPS) is 17.0. The summed E-state index contributed by atoms with van der Waals surface area (Å²) in [5, 5.41) is 3.16. The molecule has 0 bridgehead atoms. The summed E-state index contributed by atoms with van der Waals surface area (Å²) >= 11 is 0. The molecule has 1 saturated heterocycles. The van der Waals surface area contributed by atoms with Gasteiger partial charge in [-0.3, -0.25) is 9.69 Å². The Balaban J connectivity index is 1.28. The van der Waals surface area contributed by atoms with Crippen LogP contribution in [0.5, 0.6) is 0 Å². The zero-order valence-corrected chi connectivity index (χ0v) is 17.6. The van der Waals surface area contributed by atoms with Gasteiger partial charge in [0.1, 0.15) is 0 Å². The first-order chi connectivity index (χ1) is 14.7. The van der Waals surface area contributed by atoms with Crippen molar-refractivity contribution in [2.75, 3.05) is 13.1 Å². The molecule has 1 aliphatic heterocycles. The number of likely N-dealkylation sites (tertiary alicyclic amines) is 1. The maximum absolute atomic E-state index is 12.8. The number of aromatic nitrogens is 2. The molecule has 30 heavy (non-hydrogen) atoms. The van der Waals surface area contributed by atoms with Crippen LogP contribution < -0.4 is 5.32 Å². The van der Waals surface area contributed by atoms with Gasteiger partial charge in [0.25, 0.3) is 0 Å². The number of rotatable bonds is 7. The fourth-order valence-electron chi connectivity index (χ4n) is 4.13. The third kappa shape index (κ3) is 5.57. The molecule has 156 valence electrons. The van der Waals surface area contributed by atoms with E-state index in [1.165, 1.54) is 16.7 Å². The maximum atomic E-state index is 12.8. The van der Waals surface area contributed by atoms with E-state index in [2.05, 4.69) is 70.7 Å². The van der Waals surface area contributed by atoms with Gasteiger partial charge in [-0.05, 0) is 43.0 Å². The molecule has 0 aliphatic carbocycles.